The minimum Gasteiger partial charge on any atom is -0.370 e. The van der Waals surface area contributed by atoms with Crippen molar-refractivity contribution in [1.29, 1.82) is 0 Å². The van der Waals surface area contributed by atoms with Crippen LogP contribution in [0.1, 0.15) is 10.4 Å². The van der Waals surface area contributed by atoms with E-state index >= 15 is 0 Å². The Morgan fingerprint density at radius 3 is 2.15 bits per heavy atom. The predicted octanol–water partition coefficient (Wildman–Crippen LogP) is 2.12. The molecule has 4 unspecified atom stereocenters. The average molecular weight is 443 g/mol. The monoisotopic (exact) mass is 442 g/mol. The van der Waals surface area contributed by atoms with Crippen molar-refractivity contribution in [3.05, 3.63) is 48.3 Å². The molecule has 4 fully saturated rings. The van der Waals surface area contributed by atoms with E-state index in [0.717, 1.165) is 86.8 Å². The largest absolute Gasteiger partial charge is 0.370 e. The molecule has 0 amide bonds. The maximum absolute atomic E-state index is 12.3. The summed E-state index contributed by atoms with van der Waals surface area (Å²) in [6, 6.07) is 10.3. The van der Waals surface area contributed by atoms with Gasteiger partial charge in [-0.2, -0.15) is 0 Å². The highest BCUT2D eigenvalue weighted by molar-refractivity contribution is 5.98. The van der Waals surface area contributed by atoms with Gasteiger partial charge >= 0.3 is 0 Å². The van der Waals surface area contributed by atoms with Crippen molar-refractivity contribution in [3.63, 3.8) is 0 Å². The van der Waals surface area contributed by atoms with Crippen LogP contribution in [0.25, 0.3) is 16.9 Å². The van der Waals surface area contributed by atoms with Crippen LogP contribution in [0.5, 0.6) is 0 Å². The maximum Gasteiger partial charge on any atom is 0.152 e. The van der Waals surface area contributed by atoms with Crippen LogP contribution in [0.4, 0.5) is 11.4 Å². The molecular weight excluding hydrogens is 412 g/mol. The molecule has 0 bridgehead atoms. The van der Waals surface area contributed by atoms with E-state index in [4.69, 9.17) is 4.98 Å². The van der Waals surface area contributed by atoms with Crippen molar-refractivity contribution in [2.75, 3.05) is 62.2 Å². The number of aldehydes is 1. The first-order valence-corrected chi connectivity index (χ1v) is 12.3. The summed E-state index contributed by atoms with van der Waals surface area (Å²) >= 11 is 0. The Morgan fingerprint density at radius 1 is 0.848 bits per heavy atom. The smallest absolute Gasteiger partial charge is 0.152 e. The third-order valence-corrected chi connectivity index (χ3v) is 8.37. The van der Waals surface area contributed by atoms with E-state index in [9.17, 15) is 4.79 Å². The van der Waals surface area contributed by atoms with E-state index in [-0.39, 0.29) is 0 Å². The van der Waals surface area contributed by atoms with E-state index < -0.39 is 0 Å². The first-order valence-electron chi connectivity index (χ1n) is 12.3. The number of carbonyl (C=O) groups is 1. The lowest BCUT2D eigenvalue weighted by atomic mass is 10.0. The Bertz CT molecular complexity index is 1160. The van der Waals surface area contributed by atoms with Crippen molar-refractivity contribution in [1.82, 2.24) is 20.0 Å². The van der Waals surface area contributed by atoms with Gasteiger partial charge in [-0.3, -0.25) is 4.79 Å². The Kier molecular flexibility index (Phi) is 4.49. The second-order valence-corrected chi connectivity index (χ2v) is 10.3. The quantitative estimate of drug-likeness (QED) is 0.604. The van der Waals surface area contributed by atoms with Crippen LogP contribution in [-0.2, 0) is 0 Å². The number of carbonyl (C=O) groups excluding carboxylic acids is 1. The highest BCUT2D eigenvalue weighted by atomic mass is 16.1. The van der Waals surface area contributed by atoms with Gasteiger partial charge in [0.05, 0.1) is 11.4 Å². The third kappa shape index (κ3) is 3.09. The van der Waals surface area contributed by atoms with Gasteiger partial charge in [0, 0.05) is 81.6 Å². The Balaban J connectivity index is 1.40. The number of nitrogens with zero attached hydrogens (tertiary/aromatic N) is 4. The third-order valence-electron chi connectivity index (χ3n) is 8.37. The van der Waals surface area contributed by atoms with Crippen LogP contribution in [0.2, 0.25) is 0 Å². The van der Waals surface area contributed by atoms with Crippen LogP contribution >= 0.6 is 0 Å². The molecular formula is C26H30N6O. The van der Waals surface area contributed by atoms with Crippen LogP contribution in [0.15, 0.2) is 42.7 Å². The second kappa shape index (κ2) is 7.57. The molecule has 2 N–H and O–H groups in total. The molecule has 7 rings (SSSR count). The molecule has 1 aromatic carbocycles. The summed E-state index contributed by atoms with van der Waals surface area (Å²) in [5.74, 6) is 2.70. The van der Waals surface area contributed by atoms with Crippen LogP contribution < -0.4 is 20.4 Å². The van der Waals surface area contributed by atoms with E-state index in [1.807, 2.05) is 30.5 Å². The van der Waals surface area contributed by atoms with Crippen molar-refractivity contribution >= 4 is 23.3 Å². The zero-order valence-corrected chi connectivity index (χ0v) is 18.8. The SMILES string of the molecule is O=Cc1ccc(N2CC3CNCC3C2)c(-c2cn3ccccc3n2)c1N1CC2CNCC2C1. The lowest BCUT2D eigenvalue weighted by molar-refractivity contribution is 0.112. The molecule has 0 aliphatic carbocycles. The fourth-order valence-electron chi connectivity index (χ4n) is 6.69. The number of rotatable bonds is 4. The standard InChI is InChI=1S/C26H30N6O/c33-16-17-4-5-23(31-11-18-7-27-8-19(18)12-31)25(22-15-30-6-2-1-3-24(30)29-22)26(17)32-13-20-9-28-10-21(20)14-32/h1-6,15-16,18-21,27-28H,7-14H2. The van der Waals surface area contributed by atoms with Crippen LogP contribution in [0, 0.1) is 23.7 Å². The van der Waals surface area contributed by atoms with Crippen LogP contribution in [0.3, 0.4) is 0 Å². The summed E-state index contributed by atoms with van der Waals surface area (Å²) in [4.78, 5) is 22.3. The lowest BCUT2D eigenvalue weighted by Crippen LogP contribution is -2.29. The molecule has 7 heteroatoms. The Hall–Kier alpha value is -2.90. The highest BCUT2D eigenvalue weighted by Gasteiger charge is 2.40. The van der Waals surface area contributed by atoms with E-state index in [1.165, 1.54) is 5.69 Å². The lowest BCUT2D eigenvalue weighted by Gasteiger charge is -2.29. The molecule has 4 aliphatic rings. The van der Waals surface area contributed by atoms with Gasteiger partial charge in [-0.1, -0.05) is 6.07 Å². The summed E-state index contributed by atoms with van der Waals surface area (Å²) in [6.07, 6.45) is 5.21. The van der Waals surface area contributed by atoms with Crippen LogP contribution in [-0.4, -0.2) is 68.0 Å². The molecule has 33 heavy (non-hydrogen) atoms. The molecule has 6 heterocycles. The molecule has 0 saturated carbocycles. The first kappa shape index (κ1) is 19.6. The maximum atomic E-state index is 12.3. The molecule has 3 aromatic rings. The fraction of sp³-hybridized carbons (Fsp3) is 0.462. The number of aromatic nitrogens is 2. The van der Waals surface area contributed by atoms with Gasteiger partial charge < -0.3 is 24.8 Å². The summed E-state index contributed by atoms with van der Waals surface area (Å²) in [5, 5.41) is 7.10. The van der Waals surface area contributed by atoms with Crippen molar-refractivity contribution in [2.24, 2.45) is 23.7 Å². The number of anilines is 2. The predicted molar refractivity (Wildman–Crippen MR) is 130 cm³/mol. The van der Waals surface area contributed by atoms with Gasteiger partial charge in [0.15, 0.2) is 6.29 Å². The van der Waals surface area contributed by atoms with Gasteiger partial charge in [-0.25, -0.2) is 4.98 Å². The topological polar surface area (TPSA) is 64.9 Å². The second-order valence-electron chi connectivity index (χ2n) is 10.3. The number of imidazole rings is 1. The minimum absolute atomic E-state index is 0.652. The van der Waals surface area contributed by atoms with E-state index in [0.29, 0.717) is 23.7 Å². The van der Waals surface area contributed by atoms with Crippen molar-refractivity contribution < 1.29 is 4.79 Å². The Labute approximate surface area is 193 Å². The van der Waals surface area contributed by atoms with Gasteiger partial charge in [0.25, 0.3) is 0 Å². The number of hydrogen-bond acceptors (Lipinski definition) is 6. The molecule has 4 saturated heterocycles. The van der Waals surface area contributed by atoms with E-state index in [1.54, 1.807) is 0 Å². The number of benzene rings is 1. The summed E-state index contributed by atoms with van der Waals surface area (Å²) in [5.41, 5.74) is 6.11. The molecule has 2 aromatic heterocycles. The molecule has 4 aliphatic heterocycles. The van der Waals surface area contributed by atoms with Gasteiger partial charge in [-0.05, 0) is 47.9 Å². The highest BCUT2D eigenvalue weighted by Crippen LogP contribution is 2.45. The molecule has 4 atom stereocenters. The van der Waals surface area contributed by atoms with Crippen molar-refractivity contribution in [3.8, 4) is 11.3 Å². The van der Waals surface area contributed by atoms with Gasteiger partial charge in [-0.15, -0.1) is 0 Å². The van der Waals surface area contributed by atoms with E-state index in [2.05, 4.69) is 37.1 Å². The normalized spacial score (nSPS) is 28.6. The average Bonchev–Trinajstić information content (AvgIpc) is 3.62. The zero-order chi connectivity index (χ0) is 21.9. The summed E-state index contributed by atoms with van der Waals surface area (Å²) < 4.78 is 2.09. The molecule has 0 spiro atoms. The molecule has 7 nitrogen and oxygen atoms in total. The number of nitrogens with one attached hydrogen (secondary N) is 2. The number of fused-ring (bicyclic) bond motifs is 3. The first-order chi connectivity index (χ1) is 16.3. The van der Waals surface area contributed by atoms with Gasteiger partial charge in [0.2, 0.25) is 0 Å². The summed E-state index contributed by atoms with van der Waals surface area (Å²) in [7, 11) is 0. The molecule has 170 valence electrons. The van der Waals surface area contributed by atoms with Crippen molar-refractivity contribution in [2.45, 2.75) is 0 Å². The zero-order valence-electron chi connectivity index (χ0n) is 18.8. The number of pyridine rings is 1. The Morgan fingerprint density at radius 2 is 1.52 bits per heavy atom. The summed E-state index contributed by atoms with van der Waals surface area (Å²) in [6.45, 7) is 8.47. The number of hydrogen-bond donors (Lipinski definition) is 2. The molecule has 0 radical (unpaired) electrons. The van der Waals surface area contributed by atoms with Gasteiger partial charge in [0.1, 0.15) is 5.65 Å². The fourth-order valence-corrected chi connectivity index (χ4v) is 6.69. The minimum atomic E-state index is 0.652.